The fraction of sp³-hybridized carbons (Fsp3) is 0.150. The van der Waals surface area contributed by atoms with Crippen molar-refractivity contribution in [1.82, 2.24) is 30.5 Å². The second-order valence-electron chi connectivity index (χ2n) is 6.61. The van der Waals surface area contributed by atoms with E-state index in [-0.39, 0.29) is 18.1 Å². The molecular weight excluding hydrogens is 372 g/mol. The number of tetrazole rings is 1. The van der Waals surface area contributed by atoms with Crippen molar-refractivity contribution in [1.29, 1.82) is 0 Å². The third-order valence-electron chi connectivity index (χ3n) is 4.62. The number of nitrogens with one attached hydrogen (secondary N) is 2. The molecule has 2 heterocycles. The van der Waals surface area contributed by atoms with Crippen LogP contribution in [0.15, 0.2) is 53.3 Å². The smallest absolute Gasteiger partial charge is 0.362 e. The summed E-state index contributed by atoms with van der Waals surface area (Å²) >= 11 is 0. The van der Waals surface area contributed by atoms with E-state index < -0.39 is 11.6 Å². The zero-order valence-electron chi connectivity index (χ0n) is 15.6. The van der Waals surface area contributed by atoms with Gasteiger partial charge in [0.05, 0.1) is 0 Å². The number of amides is 1. The van der Waals surface area contributed by atoms with Crippen molar-refractivity contribution in [3.63, 3.8) is 0 Å². The summed E-state index contributed by atoms with van der Waals surface area (Å²) in [5.74, 6) is -0.822. The first-order valence-electron chi connectivity index (χ1n) is 8.95. The molecule has 0 aliphatic carbocycles. The van der Waals surface area contributed by atoms with Crippen LogP contribution in [-0.4, -0.2) is 36.2 Å². The van der Waals surface area contributed by atoms with Gasteiger partial charge in [0.2, 0.25) is 0 Å². The number of carbonyl (C=O) groups is 1. The van der Waals surface area contributed by atoms with Crippen molar-refractivity contribution in [2.45, 2.75) is 20.0 Å². The van der Waals surface area contributed by atoms with E-state index in [0.717, 1.165) is 22.1 Å². The number of fused-ring (bicyclic) bond motifs is 1. The third kappa shape index (κ3) is 3.70. The molecule has 0 bridgehead atoms. The zero-order chi connectivity index (χ0) is 20.4. The number of aromatic hydroxyl groups is 1. The van der Waals surface area contributed by atoms with E-state index in [0.29, 0.717) is 11.1 Å². The molecule has 0 aliphatic heterocycles. The van der Waals surface area contributed by atoms with Crippen LogP contribution in [0.4, 0.5) is 0 Å². The van der Waals surface area contributed by atoms with Gasteiger partial charge in [0.15, 0.2) is 11.4 Å². The highest BCUT2D eigenvalue weighted by molar-refractivity contribution is 6.02. The predicted molar refractivity (Wildman–Crippen MR) is 106 cm³/mol. The topological polar surface area (TPSA) is 126 Å². The molecule has 0 atom stereocenters. The number of aryl methyl sites for hydroxylation is 1. The number of aromatic nitrogens is 5. The van der Waals surface area contributed by atoms with Crippen LogP contribution in [0.5, 0.6) is 5.75 Å². The van der Waals surface area contributed by atoms with Crippen molar-refractivity contribution < 1.29 is 9.90 Å². The molecule has 146 valence electrons. The molecule has 1 amide bonds. The molecule has 2 aromatic carbocycles. The molecule has 0 saturated heterocycles. The number of pyridine rings is 1. The number of hydrogen-bond acceptors (Lipinski definition) is 6. The van der Waals surface area contributed by atoms with Gasteiger partial charge in [-0.3, -0.25) is 4.79 Å². The van der Waals surface area contributed by atoms with Gasteiger partial charge in [-0.2, -0.15) is 4.68 Å². The van der Waals surface area contributed by atoms with Crippen LogP contribution in [0.3, 0.4) is 0 Å². The van der Waals surface area contributed by atoms with E-state index in [1.807, 2.05) is 30.3 Å². The summed E-state index contributed by atoms with van der Waals surface area (Å²) in [6.07, 6.45) is 0.756. The Morgan fingerprint density at radius 3 is 2.66 bits per heavy atom. The van der Waals surface area contributed by atoms with Crippen LogP contribution < -0.4 is 11.0 Å². The minimum atomic E-state index is -0.615. The first kappa shape index (κ1) is 18.4. The van der Waals surface area contributed by atoms with Gasteiger partial charge in [0, 0.05) is 16.5 Å². The maximum Gasteiger partial charge on any atom is 0.362 e. The molecule has 9 heteroatoms. The molecular formula is C20H18N6O3. The molecule has 0 aliphatic rings. The maximum atomic E-state index is 12.5. The van der Waals surface area contributed by atoms with E-state index >= 15 is 0 Å². The number of aromatic amines is 1. The number of H-pyrrole nitrogens is 1. The lowest BCUT2D eigenvalue weighted by atomic mass is 9.99. The number of hydrogen-bond donors (Lipinski definition) is 3. The van der Waals surface area contributed by atoms with E-state index in [1.165, 1.54) is 5.56 Å². The fourth-order valence-electron chi connectivity index (χ4n) is 3.16. The van der Waals surface area contributed by atoms with Crippen molar-refractivity contribution in [3.05, 3.63) is 81.5 Å². The molecule has 4 aromatic rings. The van der Waals surface area contributed by atoms with Gasteiger partial charge < -0.3 is 10.4 Å². The SMILES string of the molecule is Cc1nc(C(=O)NCn2nn[nH]c2=O)c(O)c2ccc(Cc3ccccc3)cc12. The third-order valence-corrected chi connectivity index (χ3v) is 4.62. The number of benzene rings is 2. The van der Waals surface area contributed by atoms with Crippen molar-refractivity contribution in [3.8, 4) is 5.75 Å². The van der Waals surface area contributed by atoms with Crippen molar-refractivity contribution in [2.75, 3.05) is 0 Å². The largest absolute Gasteiger partial charge is 0.505 e. The van der Waals surface area contributed by atoms with Gasteiger partial charge in [0.1, 0.15) is 6.67 Å². The van der Waals surface area contributed by atoms with Gasteiger partial charge in [-0.05, 0) is 41.0 Å². The number of carbonyl (C=O) groups excluding carboxylic acids is 1. The summed E-state index contributed by atoms with van der Waals surface area (Å²) in [6.45, 7) is 1.59. The zero-order valence-corrected chi connectivity index (χ0v) is 15.6. The number of rotatable bonds is 5. The molecule has 4 rings (SSSR count). The Hall–Kier alpha value is -4.01. The fourth-order valence-corrected chi connectivity index (χ4v) is 3.16. The second kappa shape index (κ2) is 7.55. The molecule has 0 unspecified atom stereocenters. The summed E-state index contributed by atoms with van der Waals surface area (Å²) in [5.41, 5.74) is 2.22. The first-order valence-corrected chi connectivity index (χ1v) is 8.95. The van der Waals surface area contributed by atoms with Gasteiger partial charge in [0.25, 0.3) is 5.91 Å². The van der Waals surface area contributed by atoms with Gasteiger partial charge in [-0.25, -0.2) is 14.9 Å². The standard InChI is InChI=1S/C20H18N6O3/c1-12-16-10-14(9-13-5-3-2-4-6-13)7-8-15(16)18(27)17(22-12)19(28)21-11-26-20(29)23-24-25-26/h2-8,10,27H,9,11H2,1H3,(H,21,28)(H,23,25,29). The van der Waals surface area contributed by atoms with Crippen molar-refractivity contribution >= 4 is 16.7 Å². The summed E-state index contributed by atoms with van der Waals surface area (Å²) in [6, 6.07) is 15.8. The predicted octanol–water partition coefficient (Wildman–Crippen LogP) is 1.51. The summed E-state index contributed by atoms with van der Waals surface area (Å²) in [7, 11) is 0. The molecule has 9 nitrogen and oxygen atoms in total. The molecule has 0 fully saturated rings. The minimum absolute atomic E-state index is 0.109. The Kier molecular flexibility index (Phi) is 4.78. The second-order valence-corrected chi connectivity index (χ2v) is 6.61. The lowest BCUT2D eigenvalue weighted by Gasteiger charge is -2.11. The Bertz CT molecular complexity index is 1250. The molecule has 2 aromatic heterocycles. The average Bonchev–Trinajstić information content (AvgIpc) is 3.14. The Balaban J connectivity index is 1.62. The van der Waals surface area contributed by atoms with E-state index in [9.17, 15) is 14.7 Å². The minimum Gasteiger partial charge on any atom is -0.505 e. The Labute approximate surface area is 165 Å². The molecule has 29 heavy (non-hydrogen) atoms. The van der Waals surface area contributed by atoms with Gasteiger partial charge >= 0.3 is 5.69 Å². The monoisotopic (exact) mass is 390 g/mol. The van der Waals surface area contributed by atoms with Crippen LogP contribution in [0.1, 0.15) is 27.3 Å². The maximum absolute atomic E-state index is 12.5. The van der Waals surface area contributed by atoms with Gasteiger partial charge in [-0.1, -0.05) is 42.5 Å². The molecule has 0 spiro atoms. The van der Waals surface area contributed by atoms with Crippen LogP contribution in [0.25, 0.3) is 10.8 Å². The lowest BCUT2D eigenvalue weighted by molar-refractivity contribution is 0.0931. The normalized spacial score (nSPS) is 10.9. The Morgan fingerprint density at radius 2 is 1.93 bits per heavy atom. The average molecular weight is 390 g/mol. The first-order chi connectivity index (χ1) is 14.0. The summed E-state index contributed by atoms with van der Waals surface area (Å²) in [4.78, 5) is 28.1. The van der Waals surface area contributed by atoms with E-state index in [1.54, 1.807) is 13.0 Å². The molecule has 0 saturated carbocycles. The highest BCUT2D eigenvalue weighted by atomic mass is 16.3. The lowest BCUT2D eigenvalue weighted by Crippen LogP contribution is -2.32. The van der Waals surface area contributed by atoms with Crippen LogP contribution in [0, 0.1) is 6.92 Å². The van der Waals surface area contributed by atoms with Crippen LogP contribution in [0.2, 0.25) is 0 Å². The van der Waals surface area contributed by atoms with Crippen LogP contribution in [-0.2, 0) is 13.1 Å². The summed E-state index contributed by atoms with van der Waals surface area (Å²) in [5, 5.41) is 23.4. The van der Waals surface area contributed by atoms with E-state index in [2.05, 4.69) is 38.0 Å². The summed E-state index contributed by atoms with van der Waals surface area (Å²) < 4.78 is 0.943. The van der Waals surface area contributed by atoms with Crippen molar-refractivity contribution in [2.24, 2.45) is 0 Å². The quantitative estimate of drug-likeness (QED) is 0.474. The highest BCUT2D eigenvalue weighted by Crippen LogP contribution is 2.30. The highest BCUT2D eigenvalue weighted by Gasteiger charge is 2.18. The van der Waals surface area contributed by atoms with Gasteiger partial charge in [-0.15, -0.1) is 0 Å². The van der Waals surface area contributed by atoms with E-state index in [4.69, 9.17) is 0 Å². The molecule has 0 radical (unpaired) electrons. The number of nitrogens with zero attached hydrogens (tertiary/aromatic N) is 4. The Morgan fingerprint density at radius 1 is 1.14 bits per heavy atom. The van der Waals surface area contributed by atoms with Crippen LogP contribution >= 0.6 is 0 Å². The molecule has 3 N–H and O–H groups in total.